The number of amides is 1. The number of rotatable bonds is 5. The third-order valence-electron chi connectivity index (χ3n) is 4.99. The predicted octanol–water partition coefficient (Wildman–Crippen LogP) is 5.00. The molecule has 1 N–H and O–H groups in total. The largest absolute Gasteiger partial charge is 0.361 e. The number of para-hydroxylation sites is 1. The molecule has 0 aliphatic heterocycles. The van der Waals surface area contributed by atoms with E-state index in [1.54, 1.807) is 0 Å². The summed E-state index contributed by atoms with van der Waals surface area (Å²) >= 11 is 1.42. The first-order valence-corrected chi connectivity index (χ1v) is 10.2. The van der Waals surface area contributed by atoms with Gasteiger partial charge < -0.3 is 14.4 Å². The molecule has 29 heavy (non-hydrogen) atoms. The van der Waals surface area contributed by atoms with E-state index in [-0.39, 0.29) is 12.3 Å². The molecule has 0 spiro atoms. The molecule has 0 radical (unpaired) electrons. The molecule has 1 aromatic carbocycles. The third-order valence-corrected chi connectivity index (χ3v) is 5.75. The van der Waals surface area contributed by atoms with Crippen LogP contribution < -0.4 is 5.32 Å². The molecule has 0 bridgehead atoms. The molecule has 0 aliphatic rings. The van der Waals surface area contributed by atoms with E-state index in [0.717, 1.165) is 39.6 Å². The number of nitrogens with one attached hydrogen (secondary N) is 1. The monoisotopic (exact) mass is 406 g/mol. The number of anilines is 1. The van der Waals surface area contributed by atoms with Gasteiger partial charge in [-0.05, 0) is 45.9 Å². The molecular formula is C22H22N4O2S. The Morgan fingerprint density at radius 2 is 1.93 bits per heavy atom. The molecule has 3 heterocycles. The van der Waals surface area contributed by atoms with Crippen molar-refractivity contribution in [1.82, 2.24) is 14.7 Å². The van der Waals surface area contributed by atoms with Gasteiger partial charge in [0.1, 0.15) is 5.76 Å². The van der Waals surface area contributed by atoms with Crippen molar-refractivity contribution in [3.05, 3.63) is 70.2 Å². The zero-order valence-electron chi connectivity index (χ0n) is 16.8. The summed E-state index contributed by atoms with van der Waals surface area (Å²) in [7, 11) is 0. The summed E-state index contributed by atoms with van der Waals surface area (Å²) in [6, 6.07) is 12.4. The number of hydrogen-bond donors (Lipinski definition) is 1. The Bertz CT molecular complexity index is 1150. The Labute approximate surface area is 173 Å². The highest BCUT2D eigenvalue weighted by Crippen LogP contribution is 2.31. The summed E-state index contributed by atoms with van der Waals surface area (Å²) in [6.45, 7) is 7.82. The molecule has 0 saturated carbocycles. The second-order valence-electron chi connectivity index (χ2n) is 7.02. The maximum absolute atomic E-state index is 12.4. The van der Waals surface area contributed by atoms with Gasteiger partial charge in [-0.2, -0.15) is 0 Å². The van der Waals surface area contributed by atoms with Crippen LogP contribution in [0.5, 0.6) is 0 Å². The summed E-state index contributed by atoms with van der Waals surface area (Å²) in [5.74, 6) is 0.542. The Balaban J connectivity index is 1.55. The minimum atomic E-state index is -0.130. The first-order valence-electron chi connectivity index (χ1n) is 9.36. The smallest absolute Gasteiger partial charge is 0.230 e. The van der Waals surface area contributed by atoms with E-state index in [2.05, 4.69) is 52.1 Å². The fourth-order valence-electron chi connectivity index (χ4n) is 3.53. The zero-order chi connectivity index (χ0) is 20.5. The molecule has 0 unspecified atom stereocenters. The quantitative estimate of drug-likeness (QED) is 0.506. The maximum atomic E-state index is 12.4. The lowest BCUT2D eigenvalue weighted by Gasteiger charge is -2.09. The molecule has 0 atom stereocenters. The number of hydrogen-bond acceptors (Lipinski definition) is 5. The Morgan fingerprint density at radius 3 is 2.62 bits per heavy atom. The second kappa shape index (κ2) is 7.67. The van der Waals surface area contributed by atoms with Gasteiger partial charge in [0, 0.05) is 33.6 Å². The molecule has 3 aromatic heterocycles. The second-order valence-corrected chi connectivity index (χ2v) is 7.88. The van der Waals surface area contributed by atoms with Crippen LogP contribution in [0, 0.1) is 27.7 Å². The van der Waals surface area contributed by atoms with Crippen LogP contribution in [-0.2, 0) is 11.2 Å². The minimum Gasteiger partial charge on any atom is -0.361 e. The number of carbonyl (C=O) groups is 1. The van der Waals surface area contributed by atoms with Crippen molar-refractivity contribution < 1.29 is 9.32 Å². The number of carbonyl (C=O) groups excluding carboxylic acids is 1. The van der Waals surface area contributed by atoms with Gasteiger partial charge in [-0.15, -0.1) is 11.3 Å². The van der Waals surface area contributed by atoms with Crippen molar-refractivity contribution in [2.75, 3.05) is 5.32 Å². The molecule has 4 rings (SSSR count). The summed E-state index contributed by atoms with van der Waals surface area (Å²) in [6.07, 6.45) is 0.221. The fourth-order valence-corrected chi connectivity index (χ4v) is 4.26. The van der Waals surface area contributed by atoms with Crippen LogP contribution >= 0.6 is 11.3 Å². The van der Waals surface area contributed by atoms with E-state index in [9.17, 15) is 4.79 Å². The normalized spacial score (nSPS) is 11.0. The van der Waals surface area contributed by atoms with Crippen LogP contribution in [0.15, 0.2) is 46.3 Å². The summed E-state index contributed by atoms with van der Waals surface area (Å²) < 4.78 is 7.34. The van der Waals surface area contributed by atoms with Crippen LogP contribution in [0.1, 0.15) is 28.4 Å². The molecule has 148 valence electrons. The van der Waals surface area contributed by atoms with Crippen LogP contribution in [0.25, 0.3) is 16.9 Å². The lowest BCUT2D eigenvalue weighted by molar-refractivity contribution is -0.115. The molecule has 6 nitrogen and oxygen atoms in total. The number of benzene rings is 1. The van der Waals surface area contributed by atoms with Crippen LogP contribution in [0.3, 0.4) is 0 Å². The Hall–Kier alpha value is -3.19. The lowest BCUT2D eigenvalue weighted by atomic mass is 10.1. The van der Waals surface area contributed by atoms with Crippen LogP contribution in [0.4, 0.5) is 5.13 Å². The van der Waals surface area contributed by atoms with Crippen LogP contribution in [0.2, 0.25) is 0 Å². The molecule has 4 aromatic rings. The highest BCUT2D eigenvalue weighted by Gasteiger charge is 2.17. The van der Waals surface area contributed by atoms with E-state index < -0.39 is 0 Å². The highest BCUT2D eigenvalue weighted by molar-refractivity contribution is 7.14. The van der Waals surface area contributed by atoms with Gasteiger partial charge in [-0.25, -0.2) is 4.98 Å². The Kier molecular flexibility index (Phi) is 5.07. The topological polar surface area (TPSA) is 73.0 Å². The van der Waals surface area contributed by atoms with E-state index in [1.165, 1.54) is 11.3 Å². The van der Waals surface area contributed by atoms with Gasteiger partial charge in [-0.3, -0.25) is 4.79 Å². The molecule has 0 saturated heterocycles. The number of thiazole rings is 1. The van der Waals surface area contributed by atoms with Crippen molar-refractivity contribution in [3.8, 4) is 16.9 Å². The van der Waals surface area contributed by atoms with E-state index in [0.29, 0.717) is 10.9 Å². The van der Waals surface area contributed by atoms with E-state index in [1.807, 2.05) is 37.4 Å². The van der Waals surface area contributed by atoms with Gasteiger partial charge >= 0.3 is 0 Å². The highest BCUT2D eigenvalue weighted by atomic mass is 32.1. The van der Waals surface area contributed by atoms with Crippen molar-refractivity contribution >= 4 is 22.4 Å². The average Bonchev–Trinajstić information content (AvgIpc) is 3.36. The fraction of sp³-hybridized carbons (Fsp3) is 0.227. The van der Waals surface area contributed by atoms with E-state index in [4.69, 9.17) is 4.52 Å². The lowest BCUT2D eigenvalue weighted by Crippen LogP contribution is -2.15. The van der Waals surface area contributed by atoms with Crippen molar-refractivity contribution in [2.45, 2.75) is 34.1 Å². The minimum absolute atomic E-state index is 0.130. The molecule has 0 fully saturated rings. The Morgan fingerprint density at radius 1 is 1.17 bits per heavy atom. The number of nitrogens with zero attached hydrogens (tertiary/aromatic N) is 3. The van der Waals surface area contributed by atoms with Crippen molar-refractivity contribution in [2.24, 2.45) is 0 Å². The molecule has 1 amide bonds. The molecular weight excluding hydrogens is 384 g/mol. The third kappa shape index (κ3) is 3.73. The van der Waals surface area contributed by atoms with Gasteiger partial charge in [0.15, 0.2) is 5.13 Å². The number of aryl methyl sites for hydroxylation is 3. The molecule has 7 heteroatoms. The maximum Gasteiger partial charge on any atom is 0.230 e. The SMILES string of the molecule is Cc1noc(C)c1CC(=O)Nc1nc(-c2cc(C)n(-c3ccccc3)c2C)cs1. The van der Waals surface area contributed by atoms with Gasteiger partial charge in [0.25, 0.3) is 0 Å². The standard InChI is InChI=1S/C22H22N4O2S/c1-13-10-19(15(3)26(13)17-8-6-5-7-9-17)20-12-29-22(23-20)24-21(27)11-18-14(2)25-28-16(18)4/h5-10,12H,11H2,1-4H3,(H,23,24,27). The van der Waals surface area contributed by atoms with Crippen LogP contribution in [-0.4, -0.2) is 20.6 Å². The first-order chi connectivity index (χ1) is 13.9. The van der Waals surface area contributed by atoms with E-state index >= 15 is 0 Å². The van der Waals surface area contributed by atoms with Crippen molar-refractivity contribution in [1.29, 1.82) is 0 Å². The molecule has 0 aliphatic carbocycles. The summed E-state index contributed by atoms with van der Waals surface area (Å²) in [4.78, 5) is 17.1. The van der Waals surface area contributed by atoms with Gasteiger partial charge in [0.2, 0.25) is 5.91 Å². The van der Waals surface area contributed by atoms with Gasteiger partial charge in [0.05, 0.1) is 17.8 Å². The van der Waals surface area contributed by atoms with Gasteiger partial charge in [-0.1, -0.05) is 23.4 Å². The number of aromatic nitrogens is 3. The summed E-state index contributed by atoms with van der Waals surface area (Å²) in [5.41, 5.74) is 6.87. The zero-order valence-corrected chi connectivity index (χ0v) is 17.6. The average molecular weight is 407 g/mol. The van der Waals surface area contributed by atoms with Crippen molar-refractivity contribution in [3.63, 3.8) is 0 Å². The summed E-state index contributed by atoms with van der Waals surface area (Å²) in [5, 5.41) is 9.34. The predicted molar refractivity (Wildman–Crippen MR) is 115 cm³/mol. The first kappa shape index (κ1) is 19.1.